The number of halogens is 1. The molecule has 156 valence electrons. The highest BCUT2D eigenvalue weighted by atomic mass is 32.1. The Balaban J connectivity index is 1.74. The number of aliphatic hydroxyl groups excluding tert-OH is 1. The Morgan fingerprint density at radius 3 is 2.63 bits per heavy atom. The molecule has 2 amide bonds. The molecular weight excluding hydrogens is 411 g/mol. The quantitative estimate of drug-likeness (QED) is 0.655. The number of carbonyl (C=O) groups is 2. The van der Waals surface area contributed by atoms with E-state index in [1.165, 1.54) is 35.8 Å². The van der Waals surface area contributed by atoms with E-state index >= 15 is 0 Å². The van der Waals surface area contributed by atoms with Gasteiger partial charge in [-0.2, -0.15) is 4.37 Å². The minimum atomic E-state index is -0.688. The molecule has 11 heteroatoms. The number of nitrogens with one attached hydrogen (secondary N) is 1. The summed E-state index contributed by atoms with van der Waals surface area (Å²) in [7, 11) is 0. The van der Waals surface area contributed by atoms with Crippen molar-refractivity contribution in [2.45, 2.75) is 26.4 Å². The summed E-state index contributed by atoms with van der Waals surface area (Å²) in [4.78, 5) is 35.4. The molecule has 0 radical (unpaired) electrons. The van der Waals surface area contributed by atoms with Gasteiger partial charge in [-0.05, 0) is 49.6 Å². The maximum atomic E-state index is 13.2. The van der Waals surface area contributed by atoms with Crippen LogP contribution in [0.1, 0.15) is 34.8 Å². The van der Waals surface area contributed by atoms with Gasteiger partial charge in [0.05, 0.1) is 11.7 Å². The Bertz CT molecular complexity index is 1110. The Labute approximate surface area is 175 Å². The van der Waals surface area contributed by atoms with E-state index in [2.05, 4.69) is 19.7 Å². The normalized spacial score (nSPS) is 15.7. The van der Waals surface area contributed by atoms with Gasteiger partial charge in [0.1, 0.15) is 18.2 Å². The van der Waals surface area contributed by atoms with E-state index in [0.717, 1.165) is 0 Å². The van der Waals surface area contributed by atoms with E-state index < -0.39 is 24.4 Å². The fourth-order valence-electron chi connectivity index (χ4n) is 3.51. The Morgan fingerprint density at radius 2 is 2.00 bits per heavy atom. The number of hydrogen-bond donors (Lipinski definition) is 2. The van der Waals surface area contributed by atoms with Gasteiger partial charge in [-0.25, -0.2) is 14.4 Å². The van der Waals surface area contributed by atoms with Crippen molar-refractivity contribution in [3.63, 3.8) is 0 Å². The number of nitrogens with zero attached hydrogens (tertiary/aromatic N) is 5. The molecule has 2 N–H and O–H groups in total. The monoisotopic (exact) mass is 430 g/mol. The van der Waals surface area contributed by atoms with E-state index in [1.807, 2.05) is 11.5 Å². The van der Waals surface area contributed by atoms with Crippen molar-refractivity contribution >= 4 is 29.2 Å². The molecular formula is C19H19FN6O3S. The molecule has 1 unspecified atom stereocenters. The highest BCUT2D eigenvalue weighted by molar-refractivity contribution is 7.09. The Kier molecular flexibility index (Phi) is 5.31. The van der Waals surface area contributed by atoms with Gasteiger partial charge in [0.25, 0.3) is 11.8 Å². The van der Waals surface area contributed by atoms with Gasteiger partial charge >= 0.3 is 0 Å². The number of fused-ring (bicyclic) bond motifs is 1. The van der Waals surface area contributed by atoms with E-state index in [0.29, 0.717) is 41.0 Å². The fraction of sp³-hybridized carbons (Fsp3) is 0.316. The van der Waals surface area contributed by atoms with E-state index in [4.69, 9.17) is 5.11 Å². The van der Waals surface area contributed by atoms with Gasteiger partial charge in [0, 0.05) is 18.7 Å². The van der Waals surface area contributed by atoms with Crippen LogP contribution in [0.25, 0.3) is 10.8 Å². The number of amides is 2. The first-order valence-corrected chi connectivity index (χ1v) is 10.0. The smallest absolute Gasteiger partial charge is 0.254 e. The van der Waals surface area contributed by atoms with Crippen LogP contribution in [-0.4, -0.2) is 53.9 Å². The zero-order valence-electron chi connectivity index (χ0n) is 16.3. The number of imidazole rings is 1. The first-order valence-electron chi connectivity index (χ1n) is 9.27. The second kappa shape index (κ2) is 7.92. The Hall–Kier alpha value is -3.18. The van der Waals surface area contributed by atoms with Crippen LogP contribution in [0, 0.1) is 12.7 Å². The number of aromatic nitrogens is 4. The molecule has 2 aromatic heterocycles. The first-order chi connectivity index (χ1) is 14.4. The van der Waals surface area contributed by atoms with Crippen molar-refractivity contribution < 1.29 is 19.1 Å². The molecule has 1 aliphatic rings. The zero-order chi connectivity index (χ0) is 21.4. The number of hydrogen-bond acceptors (Lipinski definition) is 7. The third-order valence-corrected chi connectivity index (χ3v) is 5.71. The van der Waals surface area contributed by atoms with Crippen LogP contribution >= 0.6 is 11.5 Å². The summed E-state index contributed by atoms with van der Waals surface area (Å²) in [6.07, 6.45) is 0. The van der Waals surface area contributed by atoms with Crippen LogP contribution in [0.4, 0.5) is 10.2 Å². The molecule has 30 heavy (non-hydrogen) atoms. The zero-order valence-corrected chi connectivity index (χ0v) is 17.1. The van der Waals surface area contributed by atoms with Crippen LogP contribution in [0.15, 0.2) is 24.3 Å². The molecule has 0 bridgehead atoms. The van der Waals surface area contributed by atoms with Crippen LogP contribution in [0.2, 0.25) is 0 Å². The molecule has 1 aromatic carbocycles. The third-order valence-electron chi connectivity index (χ3n) is 4.91. The van der Waals surface area contributed by atoms with Gasteiger partial charge in [-0.15, -0.1) is 0 Å². The average Bonchev–Trinajstić information content (AvgIpc) is 3.32. The van der Waals surface area contributed by atoms with Gasteiger partial charge in [-0.3, -0.25) is 9.59 Å². The van der Waals surface area contributed by atoms with Crippen molar-refractivity contribution in [2.24, 2.45) is 0 Å². The highest BCUT2D eigenvalue weighted by Gasteiger charge is 2.34. The fourth-order valence-corrected chi connectivity index (χ4v) is 4.18. The van der Waals surface area contributed by atoms with E-state index in [9.17, 15) is 14.0 Å². The molecule has 1 aliphatic heterocycles. The molecule has 9 nitrogen and oxygen atoms in total. The number of carbonyl (C=O) groups excluding carboxylic acids is 2. The van der Waals surface area contributed by atoms with Gasteiger partial charge in [-0.1, -0.05) is 0 Å². The lowest BCUT2D eigenvalue weighted by molar-refractivity contribution is -0.118. The second-order valence-corrected chi connectivity index (χ2v) is 7.61. The van der Waals surface area contributed by atoms with E-state index in [-0.39, 0.29) is 11.7 Å². The standard InChI is InChI=1S/C19H19FN6O3S/c1-10-15-16(22-14(28)9-27)23-17(18-21-11(2)24-30-18)26(15)8-7-25(10)19(29)12-3-5-13(20)6-4-12/h3-6,10,27H,7-9H2,1-2H3,(H,22,28). The van der Waals surface area contributed by atoms with Crippen molar-refractivity contribution in [2.75, 3.05) is 18.5 Å². The van der Waals surface area contributed by atoms with Crippen molar-refractivity contribution in [3.05, 3.63) is 47.2 Å². The number of aryl methyl sites for hydroxylation is 1. The summed E-state index contributed by atoms with van der Waals surface area (Å²) < 4.78 is 19.3. The lowest BCUT2D eigenvalue weighted by Gasteiger charge is -2.35. The minimum absolute atomic E-state index is 0.248. The van der Waals surface area contributed by atoms with Gasteiger partial charge in [0.2, 0.25) is 0 Å². The molecule has 0 aliphatic carbocycles. The number of benzene rings is 1. The lowest BCUT2D eigenvalue weighted by Crippen LogP contribution is -2.41. The van der Waals surface area contributed by atoms with Gasteiger partial charge in [0.15, 0.2) is 16.6 Å². The molecule has 3 aromatic rings. The van der Waals surface area contributed by atoms with Crippen molar-refractivity contribution in [1.82, 2.24) is 23.8 Å². The van der Waals surface area contributed by atoms with Crippen molar-refractivity contribution in [3.8, 4) is 10.8 Å². The Morgan fingerprint density at radius 1 is 1.27 bits per heavy atom. The minimum Gasteiger partial charge on any atom is -0.387 e. The average molecular weight is 430 g/mol. The SMILES string of the molecule is Cc1nsc(-c2nc(NC(=O)CO)c3n2CCN(C(=O)c2ccc(F)cc2)C3C)n1. The summed E-state index contributed by atoms with van der Waals surface area (Å²) in [5.41, 5.74) is 0.999. The van der Waals surface area contributed by atoms with Crippen LogP contribution in [0.5, 0.6) is 0 Å². The molecule has 0 spiro atoms. The molecule has 1 atom stereocenters. The predicted octanol–water partition coefficient (Wildman–Crippen LogP) is 2.00. The number of rotatable bonds is 4. The molecule has 0 fully saturated rings. The summed E-state index contributed by atoms with van der Waals surface area (Å²) in [5, 5.41) is 12.3. The third kappa shape index (κ3) is 3.57. The maximum absolute atomic E-state index is 13.2. The largest absolute Gasteiger partial charge is 0.387 e. The van der Waals surface area contributed by atoms with Crippen LogP contribution in [-0.2, 0) is 11.3 Å². The highest BCUT2D eigenvalue weighted by Crippen LogP contribution is 2.36. The second-order valence-electron chi connectivity index (χ2n) is 6.86. The first kappa shape index (κ1) is 20.1. The topological polar surface area (TPSA) is 113 Å². The maximum Gasteiger partial charge on any atom is 0.254 e. The molecule has 0 saturated heterocycles. The molecule has 4 rings (SSSR count). The summed E-state index contributed by atoms with van der Waals surface area (Å²) in [5.74, 6) is 0.158. The summed E-state index contributed by atoms with van der Waals surface area (Å²) in [6.45, 7) is 3.76. The molecule has 3 heterocycles. The van der Waals surface area contributed by atoms with E-state index in [1.54, 1.807) is 11.8 Å². The number of aliphatic hydroxyl groups is 1. The summed E-state index contributed by atoms with van der Waals surface area (Å²) in [6, 6.07) is 4.95. The predicted molar refractivity (Wildman–Crippen MR) is 107 cm³/mol. The number of anilines is 1. The van der Waals surface area contributed by atoms with Crippen LogP contribution in [0.3, 0.4) is 0 Å². The van der Waals surface area contributed by atoms with Crippen molar-refractivity contribution in [1.29, 1.82) is 0 Å². The van der Waals surface area contributed by atoms with Crippen LogP contribution < -0.4 is 5.32 Å². The lowest BCUT2D eigenvalue weighted by atomic mass is 10.1. The summed E-state index contributed by atoms with van der Waals surface area (Å²) >= 11 is 1.20. The molecule has 0 saturated carbocycles. The van der Waals surface area contributed by atoms with Gasteiger partial charge < -0.3 is 19.9 Å².